The number of para-hydroxylation sites is 2. The molecule has 1 aromatic rings. The Kier molecular flexibility index (Phi) is 3.52. The molecule has 0 saturated carbocycles. The molecule has 2 rings (SSSR count). The fourth-order valence-corrected chi connectivity index (χ4v) is 2.15. The smallest absolute Gasteiger partial charge is 0.219 e. The van der Waals surface area contributed by atoms with Gasteiger partial charge in [-0.15, -0.1) is 0 Å². The van der Waals surface area contributed by atoms with Crippen LogP contribution in [-0.4, -0.2) is 44.1 Å². The quantitative estimate of drug-likeness (QED) is 0.774. The number of hydrogen-bond acceptors (Lipinski definition) is 3. The summed E-state index contributed by atoms with van der Waals surface area (Å²) in [5, 5.41) is 0. The van der Waals surface area contributed by atoms with E-state index in [1.54, 1.807) is 14.0 Å². The van der Waals surface area contributed by atoms with E-state index in [4.69, 9.17) is 4.74 Å². The molecule has 4 nitrogen and oxygen atoms in total. The highest BCUT2D eigenvalue weighted by Gasteiger charge is 2.20. The molecule has 17 heavy (non-hydrogen) atoms. The number of carbonyl (C=O) groups is 1. The molecule has 0 atom stereocenters. The largest absolute Gasteiger partial charge is 0.495 e. The van der Waals surface area contributed by atoms with Crippen LogP contribution in [0.1, 0.15) is 6.92 Å². The zero-order valence-corrected chi connectivity index (χ0v) is 10.3. The normalized spacial score (nSPS) is 15.9. The first-order valence-corrected chi connectivity index (χ1v) is 5.86. The zero-order valence-electron chi connectivity index (χ0n) is 10.3. The topological polar surface area (TPSA) is 32.8 Å². The number of nitrogens with zero attached hydrogens (tertiary/aromatic N) is 2. The van der Waals surface area contributed by atoms with Crippen LogP contribution in [0.2, 0.25) is 0 Å². The number of amides is 1. The highest BCUT2D eigenvalue weighted by Crippen LogP contribution is 2.28. The van der Waals surface area contributed by atoms with Crippen molar-refractivity contribution in [2.24, 2.45) is 0 Å². The Morgan fingerprint density at radius 2 is 1.82 bits per heavy atom. The number of hydrogen-bond donors (Lipinski definition) is 0. The molecule has 0 N–H and O–H groups in total. The SMILES string of the molecule is COc1ccccc1N1CCN(C(C)=O)CC1. The number of benzene rings is 1. The van der Waals surface area contributed by atoms with Crippen LogP contribution in [0, 0.1) is 0 Å². The van der Waals surface area contributed by atoms with E-state index in [9.17, 15) is 4.79 Å². The summed E-state index contributed by atoms with van der Waals surface area (Å²) in [6, 6.07) is 8.00. The molecule has 0 unspecified atom stereocenters. The molecule has 4 heteroatoms. The predicted octanol–water partition coefficient (Wildman–Crippen LogP) is 1.36. The lowest BCUT2D eigenvalue weighted by molar-refractivity contribution is -0.129. The Morgan fingerprint density at radius 1 is 1.18 bits per heavy atom. The van der Waals surface area contributed by atoms with Crippen molar-refractivity contribution in [2.75, 3.05) is 38.2 Å². The zero-order chi connectivity index (χ0) is 12.3. The van der Waals surface area contributed by atoms with Gasteiger partial charge in [-0.3, -0.25) is 4.79 Å². The van der Waals surface area contributed by atoms with Crippen molar-refractivity contribution >= 4 is 11.6 Å². The summed E-state index contributed by atoms with van der Waals surface area (Å²) in [5.41, 5.74) is 1.11. The third kappa shape index (κ3) is 2.52. The second kappa shape index (κ2) is 5.08. The van der Waals surface area contributed by atoms with Gasteiger partial charge in [0.15, 0.2) is 0 Å². The lowest BCUT2D eigenvalue weighted by Gasteiger charge is -2.36. The van der Waals surface area contributed by atoms with Gasteiger partial charge in [0, 0.05) is 33.1 Å². The Bertz CT molecular complexity index is 398. The molecule has 1 saturated heterocycles. The van der Waals surface area contributed by atoms with Gasteiger partial charge in [-0.1, -0.05) is 12.1 Å². The van der Waals surface area contributed by atoms with Crippen molar-refractivity contribution in [3.05, 3.63) is 24.3 Å². The highest BCUT2D eigenvalue weighted by atomic mass is 16.5. The maximum Gasteiger partial charge on any atom is 0.219 e. The fraction of sp³-hybridized carbons (Fsp3) is 0.462. The molecule has 0 spiro atoms. The highest BCUT2D eigenvalue weighted by molar-refractivity contribution is 5.73. The standard InChI is InChI=1S/C13H18N2O2/c1-11(16)14-7-9-15(10-8-14)12-5-3-4-6-13(12)17-2/h3-6H,7-10H2,1-2H3. The number of piperazine rings is 1. The van der Waals surface area contributed by atoms with Gasteiger partial charge in [0.1, 0.15) is 5.75 Å². The average Bonchev–Trinajstić information content (AvgIpc) is 2.39. The minimum Gasteiger partial charge on any atom is -0.495 e. The molecule has 1 aliphatic heterocycles. The number of rotatable bonds is 2. The van der Waals surface area contributed by atoms with Crippen LogP contribution < -0.4 is 9.64 Å². The lowest BCUT2D eigenvalue weighted by Crippen LogP contribution is -2.48. The van der Waals surface area contributed by atoms with E-state index in [1.807, 2.05) is 23.1 Å². The third-order valence-corrected chi connectivity index (χ3v) is 3.15. The molecule has 1 amide bonds. The van der Waals surface area contributed by atoms with Gasteiger partial charge in [0.05, 0.1) is 12.8 Å². The van der Waals surface area contributed by atoms with E-state index in [2.05, 4.69) is 11.0 Å². The van der Waals surface area contributed by atoms with Crippen molar-refractivity contribution in [1.29, 1.82) is 0 Å². The van der Waals surface area contributed by atoms with E-state index in [-0.39, 0.29) is 5.91 Å². The van der Waals surface area contributed by atoms with Crippen molar-refractivity contribution in [3.63, 3.8) is 0 Å². The number of carbonyl (C=O) groups excluding carboxylic acids is 1. The van der Waals surface area contributed by atoms with Crippen molar-refractivity contribution < 1.29 is 9.53 Å². The second-order valence-electron chi connectivity index (χ2n) is 4.16. The van der Waals surface area contributed by atoms with E-state index in [0.29, 0.717) is 0 Å². The van der Waals surface area contributed by atoms with Gasteiger partial charge in [-0.25, -0.2) is 0 Å². The van der Waals surface area contributed by atoms with E-state index in [1.165, 1.54) is 0 Å². The van der Waals surface area contributed by atoms with Crippen LogP contribution in [0.4, 0.5) is 5.69 Å². The second-order valence-corrected chi connectivity index (χ2v) is 4.16. The number of anilines is 1. The lowest BCUT2D eigenvalue weighted by atomic mass is 10.2. The first-order valence-electron chi connectivity index (χ1n) is 5.86. The summed E-state index contributed by atoms with van der Waals surface area (Å²) in [7, 11) is 1.69. The molecule has 1 aliphatic rings. The average molecular weight is 234 g/mol. The van der Waals surface area contributed by atoms with Gasteiger partial charge in [0.2, 0.25) is 5.91 Å². The van der Waals surface area contributed by atoms with Gasteiger partial charge in [-0.05, 0) is 12.1 Å². The van der Waals surface area contributed by atoms with Gasteiger partial charge < -0.3 is 14.5 Å². The molecule has 1 aromatic carbocycles. The van der Waals surface area contributed by atoms with Gasteiger partial charge >= 0.3 is 0 Å². The maximum atomic E-state index is 11.2. The molecule has 1 fully saturated rings. The molecule has 0 bridgehead atoms. The monoisotopic (exact) mass is 234 g/mol. The number of methoxy groups -OCH3 is 1. The minimum absolute atomic E-state index is 0.157. The van der Waals surface area contributed by atoms with Crippen LogP contribution in [0.5, 0.6) is 5.75 Å². The Hall–Kier alpha value is -1.71. The summed E-state index contributed by atoms with van der Waals surface area (Å²) < 4.78 is 5.35. The van der Waals surface area contributed by atoms with Crippen LogP contribution in [0.25, 0.3) is 0 Å². The molecule has 0 aromatic heterocycles. The summed E-state index contributed by atoms with van der Waals surface area (Å²) in [6.45, 7) is 4.92. The van der Waals surface area contributed by atoms with E-state index < -0.39 is 0 Å². The first kappa shape index (κ1) is 11.8. The van der Waals surface area contributed by atoms with Crippen molar-refractivity contribution in [2.45, 2.75) is 6.92 Å². The van der Waals surface area contributed by atoms with Crippen LogP contribution in [-0.2, 0) is 4.79 Å². The summed E-state index contributed by atoms with van der Waals surface area (Å²) in [5.74, 6) is 1.05. The predicted molar refractivity (Wildman–Crippen MR) is 67.5 cm³/mol. The summed E-state index contributed by atoms with van der Waals surface area (Å²) in [6.07, 6.45) is 0. The number of ether oxygens (including phenoxy) is 1. The van der Waals surface area contributed by atoms with Crippen LogP contribution in [0.3, 0.4) is 0 Å². The van der Waals surface area contributed by atoms with E-state index in [0.717, 1.165) is 37.6 Å². The van der Waals surface area contributed by atoms with Crippen LogP contribution >= 0.6 is 0 Å². The van der Waals surface area contributed by atoms with Crippen molar-refractivity contribution in [3.8, 4) is 5.75 Å². The third-order valence-electron chi connectivity index (χ3n) is 3.15. The van der Waals surface area contributed by atoms with E-state index >= 15 is 0 Å². The molecule has 0 aliphatic carbocycles. The maximum absolute atomic E-state index is 11.2. The molecular weight excluding hydrogens is 216 g/mol. The Balaban J connectivity index is 2.07. The summed E-state index contributed by atoms with van der Waals surface area (Å²) >= 11 is 0. The minimum atomic E-state index is 0.157. The summed E-state index contributed by atoms with van der Waals surface area (Å²) in [4.78, 5) is 15.4. The Morgan fingerprint density at radius 3 is 2.41 bits per heavy atom. The Labute approximate surface area is 102 Å². The van der Waals surface area contributed by atoms with Crippen LogP contribution in [0.15, 0.2) is 24.3 Å². The van der Waals surface area contributed by atoms with Gasteiger partial charge in [-0.2, -0.15) is 0 Å². The molecule has 92 valence electrons. The van der Waals surface area contributed by atoms with Gasteiger partial charge in [0.25, 0.3) is 0 Å². The fourth-order valence-electron chi connectivity index (χ4n) is 2.15. The van der Waals surface area contributed by atoms with Crippen molar-refractivity contribution in [1.82, 2.24) is 4.90 Å². The molecule has 0 radical (unpaired) electrons. The first-order chi connectivity index (χ1) is 8.22. The molecular formula is C13H18N2O2. The molecule has 1 heterocycles.